The van der Waals surface area contributed by atoms with Crippen LogP contribution >= 0.6 is 11.6 Å². The zero-order valence-electron chi connectivity index (χ0n) is 23.0. The summed E-state index contributed by atoms with van der Waals surface area (Å²) in [5.41, 5.74) is 0.431. The van der Waals surface area contributed by atoms with E-state index in [2.05, 4.69) is 22.1 Å². The first-order valence-electron chi connectivity index (χ1n) is 13.0. The van der Waals surface area contributed by atoms with Gasteiger partial charge in [-0.1, -0.05) is 18.5 Å². The summed E-state index contributed by atoms with van der Waals surface area (Å²) in [4.78, 5) is 23.6. The van der Waals surface area contributed by atoms with Crippen molar-refractivity contribution in [1.29, 1.82) is 0 Å². The van der Waals surface area contributed by atoms with Crippen molar-refractivity contribution >= 4 is 24.2 Å². The number of amides is 1. The summed E-state index contributed by atoms with van der Waals surface area (Å²) in [6, 6.07) is 5.41. The zero-order chi connectivity index (χ0) is 29.2. The molecule has 0 bridgehead atoms. The lowest BCUT2D eigenvalue weighted by Crippen LogP contribution is -2.54. The molecule has 1 aromatic carbocycles. The lowest BCUT2D eigenvalue weighted by atomic mass is 9.89. The lowest BCUT2D eigenvalue weighted by Gasteiger charge is -2.41. The Labute approximate surface area is 232 Å². The van der Waals surface area contributed by atoms with Gasteiger partial charge in [0.15, 0.2) is 0 Å². The molecule has 1 aliphatic rings. The van der Waals surface area contributed by atoms with E-state index in [1.807, 2.05) is 23.9 Å². The van der Waals surface area contributed by atoms with Crippen LogP contribution in [0.4, 0.5) is 18.0 Å². The summed E-state index contributed by atoms with van der Waals surface area (Å²) >= 11 is 5.96. The first-order chi connectivity index (χ1) is 18.4. The molecular weight excluding hydrogens is 537 g/mol. The molecule has 3 unspecified atom stereocenters. The van der Waals surface area contributed by atoms with Crippen LogP contribution in [0, 0.1) is 0 Å². The van der Waals surface area contributed by atoms with Gasteiger partial charge in [0.05, 0.1) is 24.5 Å². The first kappa shape index (κ1) is 32.4. The standard InChI is InChI=1S/C23H30ClF3N4O2.C4H8O2/c1-4-18-12-21(13-20(28-18)11-19-6-7-30(5-2)29-19)31(22(32)33-3)14-15-8-16(23(25,26)27)10-17(24)9-15;1-4(2)6-3-5/h6-10,18,20-21,28H,4-5,11-14H2,1-3H3;3-4H,1-2H3. The number of benzene rings is 1. The minimum atomic E-state index is -4.52. The minimum Gasteiger partial charge on any atom is -0.465 e. The fraction of sp³-hybridized carbons (Fsp3) is 0.593. The second-order valence-corrected chi connectivity index (χ2v) is 10.1. The van der Waals surface area contributed by atoms with E-state index in [-0.39, 0.29) is 35.8 Å². The number of nitrogens with zero attached hydrogens (tertiary/aromatic N) is 3. The van der Waals surface area contributed by atoms with Crippen molar-refractivity contribution in [2.45, 2.75) is 96.9 Å². The minimum absolute atomic E-state index is 0.0193. The first-order valence-corrected chi connectivity index (χ1v) is 13.4. The fourth-order valence-corrected chi connectivity index (χ4v) is 4.78. The predicted molar refractivity (Wildman–Crippen MR) is 142 cm³/mol. The smallest absolute Gasteiger partial charge is 0.416 e. The van der Waals surface area contributed by atoms with Gasteiger partial charge in [0.2, 0.25) is 0 Å². The Kier molecular flexibility index (Phi) is 12.6. The molecule has 2 aromatic rings. The third-order valence-electron chi connectivity index (χ3n) is 6.37. The van der Waals surface area contributed by atoms with Gasteiger partial charge in [-0.2, -0.15) is 18.3 Å². The number of aromatic nitrogens is 2. The molecule has 3 rings (SSSR count). The monoisotopic (exact) mass is 574 g/mol. The number of rotatable bonds is 9. The van der Waals surface area contributed by atoms with E-state index in [9.17, 15) is 22.8 Å². The average molecular weight is 575 g/mol. The van der Waals surface area contributed by atoms with E-state index in [1.165, 1.54) is 18.1 Å². The second-order valence-electron chi connectivity index (χ2n) is 9.69. The van der Waals surface area contributed by atoms with Crippen LogP contribution in [-0.4, -0.2) is 58.6 Å². The molecule has 0 radical (unpaired) electrons. The molecule has 2 heterocycles. The highest BCUT2D eigenvalue weighted by Crippen LogP contribution is 2.33. The van der Waals surface area contributed by atoms with E-state index in [0.29, 0.717) is 31.3 Å². The van der Waals surface area contributed by atoms with Crippen molar-refractivity contribution in [1.82, 2.24) is 20.0 Å². The van der Waals surface area contributed by atoms with Gasteiger partial charge < -0.3 is 19.7 Å². The molecule has 218 valence electrons. The molecule has 1 fully saturated rings. The van der Waals surface area contributed by atoms with Crippen molar-refractivity contribution in [3.05, 3.63) is 52.3 Å². The van der Waals surface area contributed by atoms with Gasteiger partial charge in [-0.05, 0) is 69.9 Å². The van der Waals surface area contributed by atoms with Gasteiger partial charge in [0, 0.05) is 48.9 Å². The van der Waals surface area contributed by atoms with E-state index >= 15 is 0 Å². The summed E-state index contributed by atoms with van der Waals surface area (Å²) in [5.74, 6) is 0. The number of carbonyl (C=O) groups is 2. The van der Waals surface area contributed by atoms with Gasteiger partial charge in [-0.15, -0.1) is 0 Å². The Morgan fingerprint density at radius 2 is 1.95 bits per heavy atom. The maximum Gasteiger partial charge on any atom is 0.416 e. The van der Waals surface area contributed by atoms with Crippen molar-refractivity contribution in [3.8, 4) is 0 Å². The van der Waals surface area contributed by atoms with E-state index in [4.69, 9.17) is 16.3 Å². The maximum atomic E-state index is 13.3. The number of methoxy groups -OCH3 is 1. The average Bonchev–Trinajstić information content (AvgIpc) is 3.33. The van der Waals surface area contributed by atoms with Gasteiger partial charge >= 0.3 is 12.3 Å². The summed E-state index contributed by atoms with van der Waals surface area (Å²) in [5, 5.41) is 8.16. The number of hydrogen-bond acceptors (Lipinski definition) is 6. The molecule has 1 aliphatic heterocycles. The molecule has 3 atom stereocenters. The van der Waals surface area contributed by atoms with Crippen LogP contribution in [-0.2, 0) is 40.0 Å². The van der Waals surface area contributed by atoms with Crippen LogP contribution in [0.2, 0.25) is 5.02 Å². The molecule has 0 saturated carbocycles. The Balaban J connectivity index is 0.000000798. The van der Waals surface area contributed by atoms with Crippen molar-refractivity contribution in [3.63, 3.8) is 0 Å². The Morgan fingerprint density at radius 3 is 2.46 bits per heavy atom. The maximum absolute atomic E-state index is 13.3. The number of ether oxygens (including phenoxy) is 2. The number of alkyl halides is 3. The number of carbonyl (C=O) groups excluding carboxylic acids is 2. The quantitative estimate of drug-likeness (QED) is 0.378. The molecule has 39 heavy (non-hydrogen) atoms. The van der Waals surface area contributed by atoms with Crippen LogP contribution in [0.3, 0.4) is 0 Å². The summed E-state index contributed by atoms with van der Waals surface area (Å²) in [6.07, 6.45) is -0.252. The molecule has 1 amide bonds. The van der Waals surface area contributed by atoms with Crippen LogP contribution in [0.5, 0.6) is 0 Å². The molecular formula is C27H38ClF3N4O4. The third kappa shape index (κ3) is 10.4. The van der Waals surface area contributed by atoms with Crippen LogP contribution < -0.4 is 5.32 Å². The van der Waals surface area contributed by atoms with Crippen molar-refractivity contribution < 1.29 is 32.2 Å². The Hall–Kier alpha value is -2.79. The Bertz CT molecular complexity index is 1060. The molecule has 8 nitrogen and oxygen atoms in total. The van der Waals surface area contributed by atoms with Crippen molar-refractivity contribution in [2.75, 3.05) is 7.11 Å². The predicted octanol–water partition coefficient (Wildman–Crippen LogP) is 5.85. The topological polar surface area (TPSA) is 85.7 Å². The number of piperidine rings is 1. The molecule has 12 heteroatoms. The third-order valence-corrected chi connectivity index (χ3v) is 6.59. The van der Waals surface area contributed by atoms with E-state index in [0.717, 1.165) is 30.8 Å². The zero-order valence-corrected chi connectivity index (χ0v) is 23.8. The molecule has 1 aromatic heterocycles. The van der Waals surface area contributed by atoms with Gasteiger partial charge in [-0.3, -0.25) is 9.48 Å². The number of aryl methyl sites for hydroxylation is 1. The van der Waals surface area contributed by atoms with Crippen molar-refractivity contribution in [2.24, 2.45) is 0 Å². The molecule has 1 saturated heterocycles. The molecule has 0 aliphatic carbocycles. The normalized spacial score (nSPS) is 19.2. The second kappa shape index (κ2) is 15.1. The SMILES string of the molecule is CC(C)OC=O.CCC1CC(N(Cc2cc(Cl)cc(C(F)(F)F)c2)C(=O)OC)CC(Cc2ccn(CC)n2)N1. The summed E-state index contributed by atoms with van der Waals surface area (Å²) < 4.78 is 51.0. The highest BCUT2D eigenvalue weighted by Gasteiger charge is 2.35. The van der Waals surface area contributed by atoms with Crippen LogP contribution in [0.25, 0.3) is 0 Å². The summed E-state index contributed by atoms with van der Waals surface area (Å²) in [7, 11) is 1.28. The van der Waals surface area contributed by atoms with Gasteiger partial charge in [-0.25, -0.2) is 4.79 Å². The fourth-order valence-electron chi connectivity index (χ4n) is 4.52. The Morgan fingerprint density at radius 1 is 1.26 bits per heavy atom. The van der Waals surface area contributed by atoms with E-state index in [1.54, 1.807) is 13.8 Å². The highest BCUT2D eigenvalue weighted by molar-refractivity contribution is 6.30. The van der Waals surface area contributed by atoms with Crippen LogP contribution in [0.15, 0.2) is 30.5 Å². The van der Waals surface area contributed by atoms with E-state index < -0.39 is 17.8 Å². The molecule has 1 N–H and O–H groups in total. The molecule has 0 spiro atoms. The summed E-state index contributed by atoms with van der Waals surface area (Å²) in [6.45, 7) is 8.90. The lowest BCUT2D eigenvalue weighted by molar-refractivity contribution is -0.137. The largest absolute Gasteiger partial charge is 0.465 e. The van der Waals surface area contributed by atoms with Gasteiger partial charge in [0.25, 0.3) is 6.47 Å². The highest BCUT2D eigenvalue weighted by atomic mass is 35.5. The van der Waals surface area contributed by atoms with Crippen LogP contribution in [0.1, 0.15) is 63.8 Å². The number of nitrogens with one attached hydrogen (secondary N) is 1. The van der Waals surface area contributed by atoms with Gasteiger partial charge in [0.1, 0.15) is 0 Å². The number of hydrogen-bond donors (Lipinski definition) is 1. The number of halogens is 4.